The van der Waals surface area contributed by atoms with Gasteiger partial charge in [-0.1, -0.05) is 80.9 Å². The molecule has 1 amide bonds. The highest BCUT2D eigenvalue weighted by molar-refractivity contribution is 5.77. The number of ether oxygens (including phenoxy) is 2. The molecule has 5 atom stereocenters. The first-order valence-electron chi connectivity index (χ1n) is 11.7. The first kappa shape index (κ1) is 24.8. The number of hydrogen-bond acceptors (Lipinski definition) is 5. The van der Waals surface area contributed by atoms with Crippen molar-refractivity contribution in [2.75, 3.05) is 0 Å². The molecule has 1 aliphatic rings. The second kappa shape index (κ2) is 10.8. The minimum atomic E-state index is -0.590. The summed E-state index contributed by atoms with van der Waals surface area (Å²) in [6, 6.07) is 19.1. The molecule has 0 aliphatic carbocycles. The van der Waals surface area contributed by atoms with Crippen molar-refractivity contribution in [1.82, 2.24) is 10.2 Å². The summed E-state index contributed by atoms with van der Waals surface area (Å²) >= 11 is 0. The Morgan fingerprint density at radius 2 is 1.58 bits per heavy atom. The standard InChI is InChI=1S/C27H36N2O4/c1-6-19(2)23-24(28-26(31)33-27(3,4)5)29(23)22(17-20-13-9-7-10-14-20)25(30)32-18-21-15-11-8-12-16-21/h7-16,19,22-24H,6,17-18H2,1-5H3,(H,28,31)/t19?,22-,23?,24?,29?/m0/s1. The van der Waals surface area contributed by atoms with E-state index in [1.807, 2.05) is 81.4 Å². The van der Waals surface area contributed by atoms with Crippen LogP contribution >= 0.6 is 0 Å². The van der Waals surface area contributed by atoms with E-state index in [1.165, 1.54) is 0 Å². The number of hydrogen-bond donors (Lipinski definition) is 1. The SMILES string of the molecule is CCC(C)C1C(NC(=O)OC(C)(C)C)N1[C@@H](Cc1ccccc1)C(=O)OCc1ccccc1. The second-order valence-electron chi connectivity index (χ2n) is 9.71. The van der Waals surface area contributed by atoms with Gasteiger partial charge in [0, 0.05) is 6.04 Å². The third-order valence-electron chi connectivity index (χ3n) is 5.92. The lowest BCUT2D eigenvalue weighted by atomic mass is 10.0. The van der Waals surface area contributed by atoms with Crippen LogP contribution in [0.4, 0.5) is 4.79 Å². The Balaban J connectivity index is 1.78. The smallest absolute Gasteiger partial charge is 0.408 e. The molecule has 0 radical (unpaired) electrons. The molecule has 0 aromatic heterocycles. The average Bonchev–Trinajstić information content (AvgIpc) is 3.48. The van der Waals surface area contributed by atoms with Crippen LogP contribution in [0.2, 0.25) is 0 Å². The van der Waals surface area contributed by atoms with Crippen LogP contribution in [0.25, 0.3) is 0 Å². The molecule has 6 nitrogen and oxygen atoms in total. The van der Waals surface area contributed by atoms with Gasteiger partial charge in [-0.2, -0.15) is 0 Å². The van der Waals surface area contributed by atoms with Gasteiger partial charge in [-0.15, -0.1) is 0 Å². The zero-order chi connectivity index (χ0) is 24.0. The highest BCUT2D eigenvalue weighted by Crippen LogP contribution is 2.38. The third-order valence-corrected chi connectivity index (χ3v) is 5.92. The van der Waals surface area contributed by atoms with Crippen molar-refractivity contribution >= 4 is 12.1 Å². The number of amides is 1. The predicted molar refractivity (Wildman–Crippen MR) is 128 cm³/mol. The maximum atomic E-state index is 13.3. The number of rotatable bonds is 9. The van der Waals surface area contributed by atoms with Gasteiger partial charge in [0.05, 0.1) is 0 Å². The van der Waals surface area contributed by atoms with E-state index in [9.17, 15) is 9.59 Å². The van der Waals surface area contributed by atoms with Crippen molar-refractivity contribution in [2.45, 2.75) is 77.9 Å². The van der Waals surface area contributed by atoms with Gasteiger partial charge in [-0.3, -0.25) is 9.69 Å². The Morgan fingerprint density at radius 1 is 1.00 bits per heavy atom. The molecule has 1 heterocycles. The zero-order valence-electron chi connectivity index (χ0n) is 20.3. The number of carbonyl (C=O) groups excluding carboxylic acids is 2. The van der Waals surface area contributed by atoms with Gasteiger partial charge < -0.3 is 14.8 Å². The molecule has 0 saturated carbocycles. The molecule has 178 valence electrons. The molecule has 33 heavy (non-hydrogen) atoms. The fraction of sp³-hybridized carbons (Fsp3) is 0.481. The van der Waals surface area contributed by atoms with E-state index in [4.69, 9.17) is 9.47 Å². The fourth-order valence-electron chi connectivity index (χ4n) is 4.08. The molecule has 0 spiro atoms. The molecule has 1 saturated heterocycles. The quantitative estimate of drug-likeness (QED) is 0.432. The summed E-state index contributed by atoms with van der Waals surface area (Å²) in [4.78, 5) is 27.9. The van der Waals surface area contributed by atoms with Crippen LogP contribution in [-0.4, -0.2) is 40.8 Å². The Morgan fingerprint density at radius 3 is 2.12 bits per heavy atom. The van der Waals surface area contributed by atoms with Crippen LogP contribution in [0.15, 0.2) is 60.7 Å². The van der Waals surface area contributed by atoms with Crippen molar-refractivity contribution in [3.63, 3.8) is 0 Å². The summed E-state index contributed by atoms with van der Waals surface area (Å²) in [5.41, 5.74) is 1.40. The molecule has 1 N–H and O–H groups in total. The van der Waals surface area contributed by atoms with Gasteiger partial charge in [0.2, 0.25) is 0 Å². The minimum Gasteiger partial charge on any atom is -0.460 e. The molecule has 0 bridgehead atoms. The maximum absolute atomic E-state index is 13.3. The van der Waals surface area contributed by atoms with E-state index < -0.39 is 17.7 Å². The van der Waals surface area contributed by atoms with Crippen molar-refractivity contribution < 1.29 is 19.1 Å². The molecule has 2 aromatic carbocycles. The number of carbonyl (C=O) groups is 2. The molecular formula is C27H36N2O4. The molecule has 4 unspecified atom stereocenters. The monoisotopic (exact) mass is 452 g/mol. The van der Waals surface area contributed by atoms with E-state index in [1.54, 1.807) is 0 Å². The van der Waals surface area contributed by atoms with E-state index in [2.05, 4.69) is 24.1 Å². The Bertz CT molecular complexity index is 911. The molecule has 3 rings (SSSR count). The molecule has 2 aromatic rings. The summed E-state index contributed by atoms with van der Waals surface area (Å²) in [6.45, 7) is 9.99. The fourth-order valence-corrected chi connectivity index (χ4v) is 4.08. The van der Waals surface area contributed by atoms with E-state index >= 15 is 0 Å². The van der Waals surface area contributed by atoms with E-state index in [0.717, 1.165) is 17.5 Å². The van der Waals surface area contributed by atoms with Gasteiger partial charge in [-0.05, 0) is 44.2 Å². The first-order chi connectivity index (χ1) is 15.7. The summed E-state index contributed by atoms with van der Waals surface area (Å²) in [7, 11) is 0. The minimum absolute atomic E-state index is 0.0421. The van der Waals surface area contributed by atoms with Crippen LogP contribution in [0.1, 0.15) is 52.2 Å². The Labute approximate surface area is 197 Å². The van der Waals surface area contributed by atoms with Crippen LogP contribution in [0.5, 0.6) is 0 Å². The molecule has 1 aliphatic heterocycles. The highest BCUT2D eigenvalue weighted by atomic mass is 16.6. The van der Waals surface area contributed by atoms with E-state index in [0.29, 0.717) is 12.3 Å². The van der Waals surface area contributed by atoms with Crippen LogP contribution < -0.4 is 5.32 Å². The van der Waals surface area contributed by atoms with E-state index in [-0.39, 0.29) is 24.8 Å². The molecule has 1 fully saturated rings. The lowest BCUT2D eigenvalue weighted by Crippen LogP contribution is -2.40. The predicted octanol–water partition coefficient (Wildman–Crippen LogP) is 4.92. The zero-order valence-corrected chi connectivity index (χ0v) is 20.3. The van der Waals surface area contributed by atoms with Gasteiger partial charge in [0.15, 0.2) is 0 Å². The van der Waals surface area contributed by atoms with Crippen molar-refractivity contribution in [3.8, 4) is 0 Å². The van der Waals surface area contributed by atoms with Crippen LogP contribution in [0, 0.1) is 5.92 Å². The number of nitrogens with zero attached hydrogens (tertiary/aromatic N) is 1. The lowest BCUT2D eigenvalue weighted by molar-refractivity contribution is -0.149. The van der Waals surface area contributed by atoms with Crippen molar-refractivity contribution in [1.29, 1.82) is 0 Å². The van der Waals surface area contributed by atoms with Crippen molar-refractivity contribution in [3.05, 3.63) is 71.8 Å². The normalized spacial score (nSPS) is 21.5. The summed E-state index contributed by atoms with van der Waals surface area (Å²) in [6.07, 6.45) is 0.700. The average molecular weight is 453 g/mol. The Hall–Kier alpha value is -2.86. The summed E-state index contributed by atoms with van der Waals surface area (Å²) in [5.74, 6) is 0.00892. The third kappa shape index (κ3) is 7.06. The first-order valence-corrected chi connectivity index (χ1v) is 11.7. The van der Waals surface area contributed by atoms with Gasteiger partial charge in [0.1, 0.15) is 24.4 Å². The van der Waals surface area contributed by atoms with Gasteiger partial charge in [-0.25, -0.2) is 4.79 Å². The summed E-state index contributed by atoms with van der Waals surface area (Å²) in [5, 5.41) is 2.98. The number of esters is 1. The van der Waals surface area contributed by atoms with Crippen molar-refractivity contribution in [2.24, 2.45) is 5.92 Å². The van der Waals surface area contributed by atoms with Crippen LogP contribution in [0.3, 0.4) is 0 Å². The van der Waals surface area contributed by atoms with Gasteiger partial charge >= 0.3 is 12.1 Å². The summed E-state index contributed by atoms with van der Waals surface area (Å²) < 4.78 is 11.2. The molecule has 6 heteroatoms. The van der Waals surface area contributed by atoms with Crippen LogP contribution in [-0.2, 0) is 27.3 Å². The topological polar surface area (TPSA) is 67.6 Å². The van der Waals surface area contributed by atoms with Gasteiger partial charge in [0.25, 0.3) is 0 Å². The maximum Gasteiger partial charge on any atom is 0.408 e. The Kier molecular flexibility index (Phi) is 8.14. The molecular weight excluding hydrogens is 416 g/mol. The largest absolute Gasteiger partial charge is 0.460 e. The lowest BCUT2D eigenvalue weighted by Gasteiger charge is -2.21. The number of alkyl carbamates (subject to hydrolysis) is 1. The second-order valence-corrected chi connectivity index (χ2v) is 9.71. The highest BCUT2D eigenvalue weighted by Gasteiger charge is 2.56. The number of benzene rings is 2. The number of nitrogens with one attached hydrogen (secondary N) is 1.